The summed E-state index contributed by atoms with van der Waals surface area (Å²) in [4.78, 5) is 8.90. The molecule has 0 atom stereocenters. The number of nitrogens with zero attached hydrogens (tertiary/aromatic N) is 1. The van der Waals surface area contributed by atoms with Crippen LogP contribution >= 0.6 is 0 Å². The highest BCUT2D eigenvalue weighted by molar-refractivity contribution is 5.73. The predicted octanol–water partition coefficient (Wildman–Crippen LogP) is 2.72. The van der Waals surface area contributed by atoms with Crippen LogP contribution in [0.3, 0.4) is 0 Å². The molecule has 0 amide bonds. The molecule has 0 saturated heterocycles. The lowest BCUT2D eigenvalue weighted by Crippen LogP contribution is -2.21. The molecule has 1 aliphatic rings. The molecule has 1 fully saturated rings. The molecule has 1 aliphatic carbocycles. The third kappa shape index (κ3) is 6.77. The quantitative estimate of drug-likeness (QED) is 0.686. The second-order valence-corrected chi connectivity index (χ2v) is 3.27. The van der Waals surface area contributed by atoms with E-state index in [1.165, 1.54) is 19.3 Å². The van der Waals surface area contributed by atoms with E-state index in [1.807, 2.05) is 0 Å². The van der Waals surface area contributed by atoms with Crippen molar-refractivity contribution in [2.75, 3.05) is 0 Å². The van der Waals surface area contributed by atoms with Gasteiger partial charge in [0.25, 0.3) is 0 Å². The molecule has 15 heavy (non-hydrogen) atoms. The van der Waals surface area contributed by atoms with Crippen molar-refractivity contribution >= 4 is 5.97 Å². The molecular formula is C9H12F3NO2. The van der Waals surface area contributed by atoms with E-state index in [9.17, 15) is 13.2 Å². The van der Waals surface area contributed by atoms with E-state index >= 15 is 0 Å². The lowest BCUT2D eigenvalue weighted by molar-refractivity contribution is -0.192. The first-order chi connectivity index (χ1) is 6.88. The van der Waals surface area contributed by atoms with Gasteiger partial charge in [0.15, 0.2) is 0 Å². The van der Waals surface area contributed by atoms with Gasteiger partial charge in [0.2, 0.25) is 0 Å². The first-order valence-electron chi connectivity index (χ1n) is 4.57. The third-order valence-corrected chi connectivity index (χ3v) is 2.03. The van der Waals surface area contributed by atoms with Crippen LogP contribution in [0, 0.1) is 17.2 Å². The maximum Gasteiger partial charge on any atom is 0.490 e. The Morgan fingerprint density at radius 1 is 1.27 bits per heavy atom. The zero-order valence-electron chi connectivity index (χ0n) is 8.05. The molecular weight excluding hydrogens is 211 g/mol. The summed E-state index contributed by atoms with van der Waals surface area (Å²) in [6, 6.07) is 2.30. The number of hydrogen-bond donors (Lipinski definition) is 1. The fraction of sp³-hybridized carbons (Fsp3) is 0.778. The number of aliphatic carboxylic acids is 1. The Labute approximate surface area is 85.5 Å². The summed E-state index contributed by atoms with van der Waals surface area (Å²) in [6.07, 6.45) is 1.11. The number of hydrogen-bond acceptors (Lipinski definition) is 2. The van der Waals surface area contributed by atoms with Crippen molar-refractivity contribution in [1.82, 2.24) is 0 Å². The van der Waals surface area contributed by atoms with Gasteiger partial charge in [0.1, 0.15) is 0 Å². The van der Waals surface area contributed by atoms with Crippen LogP contribution in [0.5, 0.6) is 0 Å². The van der Waals surface area contributed by atoms with E-state index in [0.29, 0.717) is 5.92 Å². The fourth-order valence-corrected chi connectivity index (χ4v) is 1.23. The molecule has 0 aromatic rings. The summed E-state index contributed by atoms with van der Waals surface area (Å²) in [5, 5.41) is 15.6. The maximum atomic E-state index is 10.6. The Balaban J connectivity index is 0.000000265. The van der Waals surface area contributed by atoms with Crippen LogP contribution in [0.15, 0.2) is 0 Å². The Kier molecular flexibility index (Phi) is 5.75. The van der Waals surface area contributed by atoms with Crippen LogP contribution in [-0.2, 0) is 4.79 Å². The molecule has 1 saturated carbocycles. The lowest BCUT2D eigenvalue weighted by atomic mass is 9.91. The van der Waals surface area contributed by atoms with Gasteiger partial charge in [-0.1, -0.05) is 19.3 Å². The van der Waals surface area contributed by atoms with Gasteiger partial charge >= 0.3 is 12.1 Å². The largest absolute Gasteiger partial charge is 0.490 e. The van der Waals surface area contributed by atoms with Crippen LogP contribution in [-0.4, -0.2) is 17.3 Å². The summed E-state index contributed by atoms with van der Waals surface area (Å²) in [6.45, 7) is 0. The van der Waals surface area contributed by atoms with Crippen molar-refractivity contribution in [3.8, 4) is 6.07 Å². The predicted molar refractivity (Wildman–Crippen MR) is 45.9 cm³/mol. The summed E-state index contributed by atoms with van der Waals surface area (Å²) >= 11 is 0. The minimum absolute atomic E-state index is 0.392. The molecule has 86 valence electrons. The molecule has 3 nitrogen and oxygen atoms in total. The number of alkyl halides is 3. The normalized spacial score (nSPS) is 17.2. The SMILES string of the molecule is N#CC1CCCCC1.O=C(O)C(F)(F)F. The summed E-state index contributed by atoms with van der Waals surface area (Å²) in [5.41, 5.74) is 0. The number of carboxylic acid groups (broad SMARTS) is 1. The highest BCUT2D eigenvalue weighted by Crippen LogP contribution is 2.22. The van der Waals surface area contributed by atoms with E-state index in [2.05, 4.69) is 6.07 Å². The number of rotatable bonds is 0. The molecule has 1 rings (SSSR count). The number of carboxylic acids is 1. The number of halogens is 3. The monoisotopic (exact) mass is 223 g/mol. The van der Waals surface area contributed by atoms with Crippen LogP contribution in [0.25, 0.3) is 0 Å². The lowest BCUT2D eigenvalue weighted by Gasteiger charge is -2.13. The fourth-order valence-electron chi connectivity index (χ4n) is 1.23. The Hall–Kier alpha value is -1.25. The van der Waals surface area contributed by atoms with Gasteiger partial charge in [-0.15, -0.1) is 0 Å². The zero-order chi connectivity index (χ0) is 11.9. The van der Waals surface area contributed by atoms with Gasteiger partial charge in [-0.3, -0.25) is 0 Å². The first kappa shape index (κ1) is 13.8. The van der Waals surface area contributed by atoms with Gasteiger partial charge in [-0.25, -0.2) is 4.79 Å². The van der Waals surface area contributed by atoms with E-state index in [0.717, 1.165) is 12.8 Å². The summed E-state index contributed by atoms with van der Waals surface area (Å²) in [7, 11) is 0. The second-order valence-electron chi connectivity index (χ2n) is 3.27. The molecule has 0 bridgehead atoms. The van der Waals surface area contributed by atoms with E-state index in [4.69, 9.17) is 15.2 Å². The summed E-state index contributed by atoms with van der Waals surface area (Å²) < 4.78 is 31.7. The van der Waals surface area contributed by atoms with Crippen molar-refractivity contribution in [3.05, 3.63) is 0 Å². The highest BCUT2D eigenvalue weighted by Gasteiger charge is 2.38. The van der Waals surface area contributed by atoms with Crippen molar-refractivity contribution in [3.63, 3.8) is 0 Å². The van der Waals surface area contributed by atoms with Gasteiger partial charge in [-0.2, -0.15) is 18.4 Å². The van der Waals surface area contributed by atoms with Gasteiger partial charge in [-0.05, 0) is 12.8 Å². The molecule has 0 radical (unpaired) electrons. The molecule has 0 aliphatic heterocycles. The molecule has 0 unspecified atom stereocenters. The smallest absolute Gasteiger partial charge is 0.475 e. The average molecular weight is 223 g/mol. The van der Waals surface area contributed by atoms with Gasteiger partial charge < -0.3 is 5.11 Å². The first-order valence-corrected chi connectivity index (χ1v) is 4.57. The molecule has 0 heterocycles. The molecule has 1 N–H and O–H groups in total. The Morgan fingerprint density at radius 3 is 1.87 bits per heavy atom. The molecule has 0 aromatic carbocycles. The maximum absolute atomic E-state index is 10.6. The molecule has 0 spiro atoms. The van der Waals surface area contributed by atoms with Crippen molar-refractivity contribution in [2.45, 2.75) is 38.3 Å². The van der Waals surface area contributed by atoms with E-state index in [-0.39, 0.29) is 0 Å². The van der Waals surface area contributed by atoms with Gasteiger partial charge in [0, 0.05) is 5.92 Å². The number of nitriles is 1. The van der Waals surface area contributed by atoms with Crippen LogP contribution in [0.2, 0.25) is 0 Å². The number of carbonyl (C=O) groups is 1. The van der Waals surface area contributed by atoms with E-state index < -0.39 is 12.1 Å². The topological polar surface area (TPSA) is 61.1 Å². The Bertz CT molecular complexity index is 239. The third-order valence-electron chi connectivity index (χ3n) is 2.03. The standard InChI is InChI=1S/C7H11N.C2HF3O2/c8-6-7-4-2-1-3-5-7;3-2(4,5)1(6)7/h7H,1-5H2;(H,6,7). The van der Waals surface area contributed by atoms with Crippen LogP contribution in [0.4, 0.5) is 13.2 Å². The molecule has 0 aromatic heterocycles. The highest BCUT2D eigenvalue weighted by atomic mass is 19.4. The minimum atomic E-state index is -5.08. The average Bonchev–Trinajstić information content (AvgIpc) is 2.18. The molecule has 6 heteroatoms. The van der Waals surface area contributed by atoms with E-state index in [1.54, 1.807) is 0 Å². The minimum Gasteiger partial charge on any atom is -0.475 e. The van der Waals surface area contributed by atoms with Crippen molar-refractivity contribution in [2.24, 2.45) is 5.92 Å². The second kappa shape index (κ2) is 6.27. The summed E-state index contributed by atoms with van der Waals surface area (Å²) in [5.74, 6) is -2.36. The van der Waals surface area contributed by atoms with Crippen LogP contribution in [0.1, 0.15) is 32.1 Å². The van der Waals surface area contributed by atoms with Gasteiger partial charge in [0.05, 0.1) is 6.07 Å². The zero-order valence-corrected chi connectivity index (χ0v) is 8.05. The van der Waals surface area contributed by atoms with Crippen LogP contribution < -0.4 is 0 Å². The van der Waals surface area contributed by atoms with Crippen molar-refractivity contribution < 1.29 is 23.1 Å². The van der Waals surface area contributed by atoms with Crippen molar-refractivity contribution in [1.29, 1.82) is 5.26 Å². The Morgan fingerprint density at radius 2 is 1.67 bits per heavy atom.